The van der Waals surface area contributed by atoms with Gasteiger partial charge in [0.15, 0.2) is 0 Å². The van der Waals surface area contributed by atoms with Crippen molar-refractivity contribution < 1.29 is 0 Å². The van der Waals surface area contributed by atoms with Gasteiger partial charge in [0.05, 0.1) is 0 Å². The van der Waals surface area contributed by atoms with Gasteiger partial charge in [-0.1, -0.05) is 40.2 Å². The van der Waals surface area contributed by atoms with Crippen LogP contribution in [-0.2, 0) is 0 Å². The van der Waals surface area contributed by atoms with E-state index in [-0.39, 0.29) is 0 Å². The third kappa shape index (κ3) is 2.60. The first kappa shape index (κ1) is 10.2. The molecule has 2 aromatic carbocycles. The summed E-state index contributed by atoms with van der Waals surface area (Å²) >= 11 is 3.52. The summed E-state index contributed by atoms with van der Waals surface area (Å²) in [6.07, 6.45) is 0. The van der Waals surface area contributed by atoms with E-state index in [1.165, 1.54) is 5.56 Å². The number of halogens is 1. The number of rotatable bonds is 2. The van der Waals surface area contributed by atoms with E-state index >= 15 is 0 Å². The maximum absolute atomic E-state index is 3.52. The van der Waals surface area contributed by atoms with Crippen molar-refractivity contribution in [2.75, 3.05) is 5.32 Å². The molecule has 0 amide bonds. The van der Waals surface area contributed by atoms with Crippen LogP contribution in [0.4, 0.5) is 11.4 Å². The molecule has 2 rings (SSSR count). The fourth-order valence-corrected chi connectivity index (χ4v) is 1.74. The smallest absolute Gasteiger partial charge is 0.0395 e. The molecule has 0 aliphatic rings. The van der Waals surface area contributed by atoms with Crippen LogP contribution in [0, 0.1) is 6.92 Å². The van der Waals surface area contributed by atoms with E-state index in [2.05, 4.69) is 46.4 Å². The molecule has 0 fully saturated rings. The van der Waals surface area contributed by atoms with E-state index in [1.807, 2.05) is 30.3 Å². The average Bonchev–Trinajstić information content (AvgIpc) is 2.25. The second-order valence-electron chi connectivity index (χ2n) is 3.45. The zero-order valence-corrected chi connectivity index (χ0v) is 10.1. The van der Waals surface area contributed by atoms with E-state index in [9.17, 15) is 0 Å². The Hall–Kier alpha value is -1.28. The molecule has 2 aromatic rings. The molecule has 0 saturated carbocycles. The molecule has 0 heterocycles. The molecule has 0 atom stereocenters. The Morgan fingerprint density at radius 3 is 2.33 bits per heavy atom. The van der Waals surface area contributed by atoms with Crippen LogP contribution in [0.1, 0.15) is 5.56 Å². The third-order valence-electron chi connectivity index (χ3n) is 2.23. The molecule has 0 radical (unpaired) electrons. The summed E-state index contributed by atoms with van der Waals surface area (Å²) in [5.74, 6) is 0. The van der Waals surface area contributed by atoms with Crippen LogP contribution in [0.5, 0.6) is 0 Å². The third-order valence-corrected chi connectivity index (χ3v) is 3.09. The molecule has 0 spiro atoms. The molecule has 0 bridgehead atoms. The molecule has 0 aromatic heterocycles. The summed E-state index contributed by atoms with van der Waals surface area (Å²) in [5.41, 5.74) is 3.44. The molecular formula is C13H12BrN. The van der Waals surface area contributed by atoms with E-state index in [0.717, 1.165) is 15.8 Å². The SMILES string of the molecule is Cc1ccc(Nc2ccccc2)cc1Br. The van der Waals surface area contributed by atoms with Crippen LogP contribution in [0.3, 0.4) is 0 Å². The van der Waals surface area contributed by atoms with Gasteiger partial charge in [0.1, 0.15) is 0 Å². The zero-order valence-electron chi connectivity index (χ0n) is 8.50. The van der Waals surface area contributed by atoms with Gasteiger partial charge in [-0.15, -0.1) is 0 Å². The highest BCUT2D eigenvalue weighted by Crippen LogP contribution is 2.23. The summed E-state index contributed by atoms with van der Waals surface area (Å²) in [6.45, 7) is 2.08. The van der Waals surface area contributed by atoms with E-state index in [1.54, 1.807) is 0 Å². The van der Waals surface area contributed by atoms with E-state index in [0.29, 0.717) is 0 Å². The summed E-state index contributed by atoms with van der Waals surface area (Å²) < 4.78 is 1.13. The second-order valence-corrected chi connectivity index (χ2v) is 4.31. The number of benzene rings is 2. The van der Waals surface area contributed by atoms with Gasteiger partial charge >= 0.3 is 0 Å². The number of anilines is 2. The minimum Gasteiger partial charge on any atom is -0.355 e. The van der Waals surface area contributed by atoms with Gasteiger partial charge in [-0.05, 0) is 36.8 Å². The van der Waals surface area contributed by atoms with Crippen molar-refractivity contribution in [2.24, 2.45) is 0 Å². The van der Waals surface area contributed by atoms with Crippen molar-refractivity contribution >= 4 is 27.3 Å². The minimum absolute atomic E-state index is 1.10. The number of hydrogen-bond donors (Lipinski definition) is 1. The normalized spacial score (nSPS) is 10.0. The average molecular weight is 262 g/mol. The fraction of sp³-hybridized carbons (Fsp3) is 0.0769. The molecule has 1 N–H and O–H groups in total. The number of nitrogens with one attached hydrogen (secondary N) is 1. The molecule has 1 nitrogen and oxygen atoms in total. The van der Waals surface area contributed by atoms with Gasteiger partial charge in [0.2, 0.25) is 0 Å². The quantitative estimate of drug-likeness (QED) is 0.840. The lowest BCUT2D eigenvalue weighted by molar-refractivity contribution is 1.42. The van der Waals surface area contributed by atoms with Crippen molar-refractivity contribution in [3.05, 3.63) is 58.6 Å². The standard InChI is InChI=1S/C13H12BrN/c1-10-7-8-12(9-13(10)14)15-11-5-3-2-4-6-11/h2-9,15H,1H3. The van der Waals surface area contributed by atoms with Crippen LogP contribution in [0.2, 0.25) is 0 Å². The first-order valence-corrected chi connectivity index (χ1v) is 5.63. The first-order valence-electron chi connectivity index (χ1n) is 4.84. The number of aryl methyl sites for hydroxylation is 1. The Bertz CT molecular complexity index is 451. The van der Waals surface area contributed by atoms with Crippen molar-refractivity contribution in [1.29, 1.82) is 0 Å². The molecular weight excluding hydrogens is 250 g/mol. The predicted octanol–water partition coefficient (Wildman–Crippen LogP) is 4.50. The van der Waals surface area contributed by atoms with Gasteiger partial charge in [-0.3, -0.25) is 0 Å². The van der Waals surface area contributed by atoms with Crippen LogP contribution < -0.4 is 5.32 Å². The largest absolute Gasteiger partial charge is 0.355 e. The van der Waals surface area contributed by atoms with Crippen molar-refractivity contribution in [1.82, 2.24) is 0 Å². The minimum atomic E-state index is 1.10. The van der Waals surface area contributed by atoms with Gasteiger partial charge in [0, 0.05) is 15.8 Å². The second kappa shape index (κ2) is 4.49. The highest BCUT2D eigenvalue weighted by molar-refractivity contribution is 9.10. The molecule has 15 heavy (non-hydrogen) atoms. The lowest BCUT2D eigenvalue weighted by atomic mass is 10.2. The van der Waals surface area contributed by atoms with Crippen LogP contribution in [0.25, 0.3) is 0 Å². The van der Waals surface area contributed by atoms with Gasteiger partial charge in [-0.25, -0.2) is 0 Å². The zero-order chi connectivity index (χ0) is 10.7. The fourth-order valence-electron chi connectivity index (χ4n) is 1.36. The van der Waals surface area contributed by atoms with Crippen molar-refractivity contribution in [3.63, 3.8) is 0 Å². The first-order chi connectivity index (χ1) is 7.25. The van der Waals surface area contributed by atoms with Gasteiger partial charge in [0.25, 0.3) is 0 Å². The van der Waals surface area contributed by atoms with Crippen LogP contribution >= 0.6 is 15.9 Å². The topological polar surface area (TPSA) is 12.0 Å². The molecule has 0 unspecified atom stereocenters. The lowest BCUT2D eigenvalue weighted by Gasteiger charge is -2.07. The molecule has 0 aliphatic heterocycles. The van der Waals surface area contributed by atoms with Crippen molar-refractivity contribution in [2.45, 2.75) is 6.92 Å². The monoisotopic (exact) mass is 261 g/mol. The Labute approximate surface area is 98.3 Å². The Kier molecular flexibility index (Phi) is 3.07. The predicted molar refractivity (Wildman–Crippen MR) is 68.6 cm³/mol. The molecule has 76 valence electrons. The highest BCUT2D eigenvalue weighted by atomic mass is 79.9. The van der Waals surface area contributed by atoms with E-state index in [4.69, 9.17) is 0 Å². The molecule has 0 saturated heterocycles. The van der Waals surface area contributed by atoms with Crippen molar-refractivity contribution in [3.8, 4) is 0 Å². The Morgan fingerprint density at radius 2 is 1.67 bits per heavy atom. The maximum Gasteiger partial charge on any atom is 0.0395 e. The number of hydrogen-bond acceptors (Lipinski definition) is 1. The summed E-state index contributed by atoms with van der Waals surface area (Å²) in [4.78, 5) is 0. The molecule has 2 heteroatoms. The Morgan fingerprint density at radius 1 is 0.933 bits per heavy atom. The number of para-hydroxylation sites is 1. The summed E-state index contributed by atoms with van der Waals surface area (Å²) in [5, 5.41) is 3.34. The van der Waals surface area contributed by atoms with Crippen LogP contribution in [0.15, 0.2) is 53.0 Å². The maximum atomic E-state index is 3.52. The van der Waals surface area contributed by atoms with Gasteiger partial charge in [-0.2, -0.15) is 0 Å². The highest BCUT2D eigenvalue weighted by Gasteiger charge is 1.97. The van der Waals surface area contributed by atoms with Crippen LogP contribution in [-0.4, -0.2) is 0 Å². The lowest BCUT2D eigenvalue weighted by Crippen LogP contribution is -1.89. The summed E-state index contributed by atoms with van der Waals surface area (Å²) in [7, 11) is 0. The molecule has 0 aliphatic carbocycles. The van der Waals surface area contributed by atoms with E-state index < -0.39 is 0 Å². The van der Waals surface area contributed by atoms with Gasteiger partial charge < -0.3 is 5.32 Å². The summed E-state index contributed by atoms with van der Waals surface area (Å²) in [6, 6.07) is 16.4. The Balaban J connectivity index is 2.22.